The first-order chi connectivity index (χ1) is 10.6. The summed E-state index contributed by atoms with van der Waals surface area (Å²) in [4.78, 5) is 14.2. The molecule has 1 amide bonds. The monoisotopic (exact) mass is 324 g/mol. The van der Waals surface area contributed by atoms with Gasteiger partial charge in [-0.15, -0.1) is 0 Å². The highest BCUT2D eigenvalue weighted by atomic mass is 35.5. The van der Waals surface area contributed by atoms with Crippen LogP contribution in [-0.4, -0.2) is 36.5 Å². The van der Waals surface area contributed by atoms with E-state index in [1.54, 1.807) is 6.07 Å². The number of carbonyl (C=O) groups excluding carboxylic acids is 1. The van der Waals surface area contributed by atoms with Gasteiger partial charge in [-0.25, -0.2) is 0 Å². The maximum atomic E-state index is 12.2. The van der Waals surface area contributed by atoms with Crippen LogP contribution in [0.15, 0.2) is 24.3 Å². The van der Waals surface area contributed by atoms with Gasteiger partial charge in [-0.3, -0.25) is 4.79 Å². The van der Waals surface area contributed by atoms with Crippen LogP contribution in [0.5, 0.6) is 5.75 Å². The fourth-order valence-electron chi connectivity index (χ4n) is 2.79. The Balaban J connectivity index is 1.70. The second-order valence-electron chi connectivity index (χ2n) is 5.98. The van der Waals surface area contributed by atoms with E-state index in [2.05, 4.69) is 0 Å². The normalized spacial score (nSPS) is 19.8. The lowest BCUT2D eigenvalue weighted by atomic mass is 9.92. The molecule has 1 aromatic carbocycles. The fourth-order valence-corrected chi connectivity index (χ4v) is 2.98. The lowest BCUT2D eigenvalue weighted by Gasteiger charge is -2.34. The molecule has 1 aliphatic heterocycles. The Morgan fingerprint density at radius 3 is 3.00 bits per heavy atom. The number of carbonyl (C=O) groups is 1. The third-order valence-electron chi connectivity index (χ3n) is 4.18. The second kappa shape index (κ2) is 8.39. The van der Waals surface area contributed by atoms with Crippen molar-refractivity contribution in [2.24, 2.45) is 11.7 Å². The number of piperidine rings is 1. The van der Waals surface area contributed by atoms with Crippen molar-refractivity contribution in [3.05, 3.63) is 29.3 Å². The molecule has 0 saturated carbocycles. The molecule has 0 aliphatic carbocycles. The van der Waals surface area contributed by atoms with Crippen LogP contribution in [0.3, 0.4) is 0 Å². The van der Waals surface area contributed by atoms with Crippen molar-refractivity contribution < 1.29 is 9.53 Å². The van der Waals surface area contributed by atoms with Gasteiger partial charge in [0.05, 0.1) is 11.6 Å². The molecule has 1 heterocycles. The van der Waals surface area contributed by atoms with Crippen LogP contribution < -0.4 is 10.5 Å². The lowest BCUT2D eigenvalue weighted by Crippen LogP contribution is -2.45. The predicted molar refractivity (Wildman–Crippen MR) is 89.1 cm³/mol. The van der Waals surface area contributed by atoms with E-state index in [0.717, 1.165) is 25.9 Å². The van der Waals surface area contributed by atoms with Crippen molar-refractivity contribution in [3.63, 3.8) is 0 Å². The van der Waals surface area contributed by atoms with Crippen LogP contribution in [0, 0.1) is 5.92 Å². The Bertz CT molecular complexity index is 493. The standard InChI is InChI=1S/C17H25ClN2O2/c1-13(19)14-6-4-10-20(12-14)17(21)9-5-11-22-16-8-3-2-7-15(16)18/h2-3,7-8,13-14H,4-6,9-12,19H2,1H3/t13-,14-/m1/s1. The van der Waals surface area contributed by atoms with E-state index >= 15 is 0 Å². The smallest absolute Gasteiger partial charge is 0.222 e. The minimum absolute atomic E-state index is 0.152. The number of nitrogens with zero attached hydrogens (tertiary/aromatic N) is 1. The summed E-state index contributed by atoms with van der Waals surface area (Å²) in [6.45, 7) is 4.17. The van der Waals surface area contributed by atoms with Gasteiger partial charge in [0.2, 0.25) is 5.91 Å². The molecule has 1 fully saturated rings. The van der Waals surface area contributed by atoms with Crippen LogP contribution in [-0.2, 0) is 4.79 Å². The molecule has 2 rings (SSSR count). The van der Waals surface area contributed by atoms with Gasteiger partial charge in [-0.05, 0) is 44.2 Å². The maximum absolute atomic E-state index is 12.2. The maximum Gasteiger partial charge on any atom is 0.222 e. The average Bonchev–Trinajstić information content (AvgIpc) is 2.53. The highest BCUT2D eigenvalue weighted by molar-refractivity contribution is 6.32. The van der Waals surface area contributed by atoms with Crippen molar-refractivity contribution in [2.45, 2.75) is 38.6 Å². The van der Waals surface area contributed by atoms with E-state index in [4.69, 9.17) is 22.1 Å². The number of hydrogen-bond donors (Lipinski definition) is 1. The van der Waals surface area contributed by atoms with E-state index < -0.39 is 0 Å². The molecule has 122 valence electrons. The van der Waals surface area contributed by atoms with Crippen LogP contribution in [0.1, 0.15) is 32.6 Å². The molecular weight excluding hydrogens is 300 g/mol. The first-order valence-electron chi connectivity index (χ1n) is 7.98. The van der Waals surface area contributed by atoms with E-state index in [1.807, 2.05) is 30.0 Å². The number of amides is 1. The number of para-hydroxylation sites is 1. The van der Waals surface area contributed by atoms with E-state index in [-0.39, 0.29) is 11.9 Å². The summed E-state index contributed by atoms with van der Waals surface area (Å²) in [6.07, 6.45) is 3.38. The van der Waals surface area contributed by atoms with Gasteiger partial charge < -0.3 is 15.4 Å². The van der Waals surface area contributed by atoms with Gasteiger partial charge in [-0.1, -0.05) is 23.7 Å². The predicted octanol–water partition coefficient (Wildman–Crippen LogP) is 3.08. The molecule has 5 heteroatoms. The topological polar surface area (TPSA) is 55.6 Å². The molecule has 0 unspecified atom stereocenters. The van der Waals surface area contributed by atoms with Gasteiger partial charge in [0.25, 0.3) is 0 Å². The number of likely N-dealkylation sites (tertiary alicyclic amines) is 1. The van der Waals surface area contributed by atoms with Gasteiger partial charge in [0, 0.05) is 25.6 Å². The zero-order valence-electron chi connectivity index (χ0n) is 13.1. The van der Waals surface area contributed by atoms with E-state index in [9.17, 15) is 4.79 Å². The number of benzene rings is 1. The largest absolute Gasteiger partial charge is 0.492 e. The van der Waals surface area contributed by atoms with Crippen molar-refractivity contribution in [2.75, 3.05) is 19.7 Å². The molecular formula is C17H25ClN2O2. The molecule has 0 bridgehead atoms. The third-order valence-corrected chi connectivity index (χ3v) is 4.50. The summed E-state index contributed by atoms with van der Waals surface area (Å²) in [5, 5.41) is 0.602. The molecule has 1 saturated heterocycles. The van der Waals surface area contributed by atoms with E-state index in [1.165, 1.54) is 0 Å². The number of ether oxygens (including phenoxy) is 1. The zero-order chi connectivity index (χ0) is 15.9. The van der Waals surface area contributed by atoms with Crippen molar-refractivity contribution in [1.82, 2.24) is 4.90 Å². The molecule has 2 N–H and O–H groups in total. The van der Waals surface area contributed by atoms with Crippen molar-refractivity contribution >= 4 is 17.5 Å². The molecule has 1 aliphatic rings. The quantitative estimate of drug-likeness (QED) is 0.818. The summed E-state index contributed by atoms with van der Waals surface area (Å²) in [6, 6.07) is 7.53. The highest BCUT2D eigenvalue weighted by Crippen LogP contribution is 2.23. The van der Waals surface area contributed by atoms with Gasteiger partial charge in [0.15, 0.2) is 0 Å². The number of nitrogens with two attached hydrogens (primary N) is 1. The Morgan fingerprint density at radius 1 is 1.50 bits per heavy atom. The zero-order valence-corrected chi connectivity index (χ0v) is 13.9. The van der Waals surface area contributed by atoms with Crippen LogP contribution in [0.2, 0.25) is 5.02 Å². The summed E-state index contributed by atoms with van der Waals surface area (Å²) in [5.74, 6) is 1.30. The molecule has 1 aromatic rings. The van der Waals surface area contributed by atoms with Crippen LogP contribution >= 0.6 is 11.6 Å². The Hall–Kier alpha value is -1.26. The number of rotatable bonds is 6. The molecule has 4 nitrogen and oxygen atoms in total. The summed E-state index contributed by atoms with van der Waals surface area (Å²) >= 11 is 6.02. The van der Waals surface area contributed by atoms with Crippen LogP contribution in [0.25, 0.3) is 0 Å². The van der Waals surface area contributed by atoms with Gasteiger partial charge in [0.1, 0.15) is 5.75 Å². The third kappa shape index (κ3) is 4.89. The lowest BCUT2D eigenvalue weighted by molar-refractivity contribution is -0.133. The Kier molecular flexibility index (Phi) is 6.52. The van der Waals surface area contributed by atoms with Crippen molar-refractivity contribution in [1.29, 1.82) is 0 Å². The first-order valence-corrected chi connectivity index (χ1v) is 8.36. The molecule has 0 radical (unpaired) electrons. The molecule has 2 atom stereocenters. The average molecular weight is 325 g/mol. The Labute approximate surface area is 137 Å². The SMILES string of the molecule is C[C@@H](N)[C@@H]1CCCN(C(=O)CCCOc2ccccc2Cl)C1. The number of halogens is 1. The summed E-state index contributed by atoms with van der Waals surface area (Å²) in [5.41, 5.74) is 5.96. The van der Waals surface area contributed by atoms with Crippen LogP contribution in [0.4, 0.5) is 0 Å². The van der Waals surface area contributed by atoms with E-state index in [0.29, 0.717) is 36.1 Å². The first kappa shape index (κ1) is 17.1. The number of hydrogen-bond acceptors (Lipinski definition) is 3. The van der Waals surface area contributed by atoms with Gasteiger partial charge in [-0.2, -0.15) is 0 Å². The summed E-state index contributed by atoms with van der Waals surface area (Å²) < 4.78 is 5.61. The highest BCUT2D eigenvalue weighted by Gasteiger charge is 2.25. The minimum atomic E-state index is 0.152. The molecule has 22 heavy (non-hydrogen) atoms. The molecule has 0 spiro atoms. The summed E-state index contributed by atoms with van der Waals surface area (Å²) in [7, 11) is 0. The van der Waals surface area contributed by atoms with Gasteiger partial charge >= 0.3 is 0 Å². The Morgan fingerprint density at radius 2 is 2.27 bits per heavy atom. The minimum Gasteiger partial charge on any atom is -0.492 e. The second-order valence-corrected chi connectivity index (χ2v) is 6.39. The van der Waals surface area contributed by atoms with Crippen molar-refractivity contribution in [3.8, 4) is 5.75 Å². The molecule has 0 aromatic heterocycles. The fraction of sp³-hybridized carbons (Fsp3) is 0.588.